The zero-order chi connectivity index (χ0) is 21.7. The number of allylic oxidation sites excluding steroid dienone is 1. The largest absolute Gasteiger partial charge is 0.444 e. The molecule has 1 aromatic heterocycles. The van der Waals surface area contributed by atoms with Crippen molar-refractivity contribution < 1.29 is 19.1 Å². The Morgan fingerprint density at radius 3 is 2.28 bits per heavy atom. The molecule has 160 valence electrons. The molecule has 0 atom stereocenters. The molecule has 0 aromatic carbocycles. The highest BCUT2D eigenvalue weighted by atomic mass is 16.6. The Morgan fingerprint density at radius 1 is 1.07 bits per heavy atom. The number of nitrogens with zero attached hydrogens (tertiary/aromatic N) is 2. The van der Waals surface area contributed by atoms with Gasteiger partial charge >= 0.3 is 12.2 Å². The lowest BCUT2D eigenvalue weighted by Gasteiger charge is -2.32. The number of nitrogens with one attached hydrogen (secondary N) is 1. The predicted molar refractivity (Wildman–Crippen MR) is 114 cm³/mol. The monoisotopic (exact) mass is 403 g/mol. The van der Waals surface area contributed by atoms with Gasteiger partial charge in [0, 0.05) is 13.1 Å². The van der Waals surface area contributed by atoms with E-state index in [0.717, 1.165) is 18.5 Å². The summed E-state index contributed by atoms with van der Waals surface area (Å²) in [6, 6.07) is 5.44. The van der Waals surface area contributed by atoms with Gasteiger partial charge in [0.25, 0.3) is 0 Å². The Hall–Kier alpha value is -2.57. The van der Waals surface area contributed by atoms with Crippen molar-refractivity contribution in [2.24, 2.45) is 5.92 Å². The third-order valence-corrected chi connectivity index (χ3v) is 4.13. The fraction of sp³-hybridized carbons (Fsp3) is 0.591. The van der Waals surface area contributed by atoms with Crippen molar-refractivity contribution in [2.75, 3.05) is 18.4 Å². The van der Waals surface area contributed by atoms with Crippen LogP contribution in [0.25, 0.3) is 6.08 Å². The molecule has 1 saturated heterocycles. The zero-order valence-corrected chi connectivity index (χ0v) is 18.3. The van der Waals surface area contributed by atoms with E-state index in [1.54, 1.807) is 11.0 Å². The van der Waals surface area contributed by atoms with E-state index < -0.39 is 17.3 Å². The second-order valence-electron chi connectivity index (χ2n) is 9.24. The summed E-state index contributed by atoms with van der Waals surface area (Å²) in [4.78, 5) is 30.2. The van der Waals surface area contributed by atoms with E-state index in [9.17, 15) is 9.59 Å². The Balaban J connectivity index is 1.86. The van der Waals surface area contributed by atoms with Crippen LogP contribution in [-0.2, 0) is 9.47 Å². The Bertz CT molecular complexity index is 739. The maximum atomic E-state index is 12.1. The summed E-state index contributed by atoms with van der Waals surface area (Å²) in [5.41, 5.74) is -0.277. The van der Waals surface area contributed by atoms with Gasteiger partial charge in [0.15, 0.2) is 0 Å². The van der Waals surface area contributed by atoms with Crippen LogP contribution < -0.4 is 5.32 Å². The van der Waals surface area contributed by atoms with E-state index in [1.165, 1.54) is 0 Å². The highest BCUT2D eigenvalue weighted by Gasteiger charge is 2.26. The van der Waals surface area contributed by atoms with Crippen molar-refractivity contribution in [3.8, 4) is 0 Å². The average molecular weight is 404 g/mol. The number of amides is 2. The van der Waals surface area contributed by atoms with Gasteiger partial charge in [-0.3, -0.25) is 5.32 Å². The highest BCUT2D eigenvalue weighted by molar-refractivity contribution is 5.83. The second-order valence-corrected chi connectivity index (χ2v) is 9.24. The number of piperidine rings is 1. The molecule has 1 aliphatic heterocycles. The number of hydrogen-bond acceptors (Lipinski definition) is 5. The molecule has 1 fully saturated rings. The van der Waals surface area contributed by atoms with Crippen LogP contribution in [0.2, 0.25) is 0 Å². The van der Waals surface area contributed by atoms with Crippen LogP contribution in [0.5, 0.6) is 0 Å². The Labute approximate surface area is 173 Å². The lowest BCUT2D eigenvalue weighted by atomic mass is 9.96. The minimum Gasteiger partial charge on any atom is -0.444 e. The first-order valence-corrected chi connectivity index (χ1v) is 10.0. The number of rotatable bonds is 3. The van der Waals surface area contributed by atoms with Gasteiger partial charge in [-0.1, -0.05) is 12.1 Å². The van der Waals surface area contributed by atoms with E-state index in [1.807, 2.05) is 59.8 Å². The molecule has 0 unspecified atom stereocenters. The van der Waals surface area contributed by atoms with Crippen LogP contribution >= 0.6 is 0 Å². The van der Waals surface area contributed by atoms with Crippen LogP contribution in [0.15, 0.2) is 24.3 Å². The van der Waals surface area contributed by atoms with Crippen molar-refractivity contribution in [1.29, 1.82) is 0 Å². The fourth-order valence-corrected chi connectivity index (χ4v) is 2.86. The molecular weight excluding hydrogens is 370 g/mol. The lowest BCUT2D eigenvalue weighted by Crippen LogP contribution is -2.41. The summed E-state index contributed by atoms with van der Waals surface area (Å²) >= 11 is 0. The molecule has 2 amide bonds. The number of pyridine rings is 1. The molecule has 0 aliphatic carbocycles. The number of aromatic nitrogens is 1. The lowest BCUT2D eigenvalue weighted by molar-refractivity contribution is 0.0197. The van der Waals surface area contributed by atoms with Crippen molar-refractivity contribution >= 4 is 24.1 Å². The van der Waals surface area contributed by atoms with Crippen LogP contribution in [0.4, 0.5) is 15.4 Å². The van der Waals surface area contributed by atoms with E-state index in [4.69, 9.17) is 9.47 Å². The van der Waals surface area contributed by atoms with Gasteiger partial charge in [0.1, 0.15) is 17.0 Å². The topological polar surface area (TPSA) is 80.8 Å². The number of carbonyl (C=O) groups excluding carboxylic acids is 2. The van der Waals surface area contributed by atoms with E-state index in [2.05, 4.69) is 16.4 Å². The molecule has 2 heterocycles. The molecule has 0 spiro atoms. The molecule has 1 aromatic rings. The van der Waals surface area contributed by atoms with Crippen molar-refractivity contribution in [1.82, 2.24) is 9.88 Å². The first-order chi connectivity index (χ1) is 13.4. The summed E-state index contributed by atoms with van der Waals surface area (Å²) in [5.74, 6) is 0.819. The Morgan fingerprint density at radius 2 is 1.69 bits per heavy atom. The molecule has 1 N–H and O–H groups in total. The van der Waals surface area contributed by atoms with E-state index in [-0.39, 0.29) is 6.09 Å². The minimum atomic E-state index is -0.560. The average Bonchev–Trinajstić information content (AvgIpc) is 2.57. The number of anilines is 1. The summed E-state index contributed by atoms with van der Waals surface area (Å²) < 4.78 is 10.7. The second kappa shape index (κ2) is 9.29. The van der Waals surface area contributed by atoms with Gasteiger partial charge in [-0.2, -0.15) is 0 Å². The van der Waals surface area contributed by atoms with Gasteiger partial charge in [0.2, 0.25) is 0 Å². The SMILES string of the molecule is CC(C)(C)OC(=O)Nc1cccc(C=CC2CCN(C(=O)OC(C)(C)C)CC2)n1. The maximum absolute atomic E-state index is 12.1. The van der Waals surface area contributed by atoms with Crippen molar-refractivity contribution in [3.05, 3.63) is 30.0 Å². The quantitative estimate of drug-likeness (QED) is 0.760. The van der Waals surface area contributed by atoms with Gasteiger partial charge in [-0.05, 0) is 78.5 Å². The molecule has 0 radical (unpaired) electrons. The molecule has 0 bridgehead atoms. The zero-order valence-electron chi connectivity index (χ0n) is 18.3. The van der Waals surface area contributed by atoms with E-state index in [0.29, 0.717) is 24.8 Å². The van der Waals surface area contributed by atoms with Crippen molar-refractivity contribution in [2.45, 2.75) is 65.6 Å². The molecule has 2 rings (SSSR count). The number of likely N-dealkylation sites (tertiary alicyclic amines) is 1. The normalized spacial score (nSPS) is 16.0. The standard InChI is InChI=1S/C22H33N3O4/c1-21(2,3)28-19(26)24-18-9-7-8-17(23-18)11-10-16-12-14-25(15-13-16)20(27)29-22(4,5)6/h7-11,16H,12-15H2,1-6H3,(H,23,24,26). The van der Waals surface area contributed by atoms with Crippen LogP contribution in [0, 0.1) is 5.92 Å². The first kappa shape index (κ1) is 22.7. The number of ether oxygens (including phenoxy) is 2. The maximum Gasteiger partial charge on any atom is 0.413 e. The first-order valence-electron chi connectivity index (χ1n) is 10.0. The molecular formula is C22H33N3O4. The minimum absolute atomic E-state index is 0.248. The number of hydrogen-bond donors (Lipinski definition) is 1. The molecule has 0 saturated carbocycles. The van der Waals surface area contributed by atoms with Gasteiger partial charge in [0.05, 0.1) is 5.69 Å². The van der Waals surface area contributed by atoms with Crippen LogP contribution in [0.3, 0.4) is 0 Å². The summed E-state index contributed by atoms with van der Waals surface area (Å²) in [6.45, 7) is 12.4. The predicted octanol–water partition coefficient (Wildman–Crippen LogP) is 5.09. The third-order valence-electron chi connectivity index (χ3n) is 4.13. The van der Waals surface area contributed by atoms with Gasteiger partial charge in [-0.15, -0.1) is 0 Å². The summed E-state index contributed by atoms with van der Waals surface area (Å²) in [6.07, 6.45) is 5.06. The third kappa shape index (κ3) is 8.54. The molecule has 7 heteroatoms. The van der Waals surface area contributed by atoms with Gasteiger partial charge in [-0.25, -0.2) is 14.6 Å². The molecule has 7 nitrogen and oxygen atoms in total. The fourth-order valence-electron chi connectivity index (χ4n) is 2.86. The van der Waals surface area contributed by atoms with Crippen LogP contribution in [-0.4, -0.2) is 46.4 Å². The highest BCUT2D eigenvalue weighted by Crippen LogP contribution is 2.21. The smallest absolute Gasteiger partial charge is 0.413 e. The number of carbonyl (C=O) groups is 2. The Kier molecular flexibility index (Phi) is 7.27. The van der Waals surface area contributed by atoms with Gasteiger partial charge < -0.3 is 14.4 Å². The summed E-state index contributed by atoms with van der Waals surface area (Å²) in [7, 11) is 0. The molecule has 1 aliphatic rings. The van der Waals surface area contributed by atoms with Crippen LogP contribution in [0.1, 0.15) is 60.1 Å². The molecule has 29 heavy (non-hydrogen) atoms. The van der Waals surface area contributed by atoms with E-state index >= 15 is 0 Å². The summed E-state index contributed by atoms with van der Waals surface area (Å²) in [5, 5.41) is 2.65. The van der Waals surface area contributed by atoms with Crippen molar-refractivity contribution in [3.63, 3.8) is 0 Å².